The van der Waals surface area contributed by atoms with Gasteiger partial charge < -0.3 is 24.8 Å². The van der Waals surface area contributed by atoms with Crippen molar-refractivity contribution in [1.82, 2.24) is 10.2 Å². The zero-order valence-electron chi connectivity index (χ0n) is 17.7. The monoisotopic (exact) mass is 543 g/mol. The van der Waals surface area contributed by atoms with Crippen LogP contribution in [0.2, 0.25) is 0 Å². The van der Waals surface area contributed by atoms with Gasteiger partial charge in [-0.2, -0.15) is 0 Å². The summed E-state index contributed by atoms with van der Waals surface area (Å²) < 4.78 is 24.5. The summed E-state index contributed by atoms with van der Waals surface area (Å²) in [5.41, 5.74) is 0. The predicted molar refractivity (Wildman–Crippen MR) is 131 cm³/mol. The normalized spacial score (nSPS) is 15.7. The van der Waals surface area contributed by atoms with Gasteiger partial charge >= 0.3 is 0 Å². The van der Waals surface area contributed by atoms with Crippen molar-refractivity contribution in [3.8, 4) is 11.5 Å². The van der Waals surface area contributed by atoms with Crippen LogP contribution in [0.25, 0.3) is 0 Å². The van der Waals surface area contributed by atoms with E-state index in [0.29, 0.717) is 5.75 Å². The molecule has 1 saturated heterocycles. The van der Waals surface area contributed by atoms with Crippen LogP contribution in [0, 0.1) is 5.82 Å². The first-order valence-corrected chi connectivity index (χ1v) is 10.5. The van der Waals surface area contributed by atoms with E-state index in [-0.39, 0.29) is 49.0 Å². The van der Waals surface area contributed by atoms with Crippen molar-refractivity contribution in [1.29, 1.82) is 0 Å². The first-order chi connectivity index (χ1) is 14.6. The number of aliphatic imine (C=N–C) groups is 1. The number of rotatable bonds is 8. The highest BCUT2D eigenvalue weighted by atomic mass is 127. The van der Waals surface area contributed by atoms with Crippen LogP contribution in [-0.4, -0.2) is 61.0 Å². The molecule has 0 spiro atoms. The molecule has 170 valence electrons. The zero-order chi connectivity index (χ0) is 21.2. The van der Waals surface area contributed by atoms with Crippen LogP contribution in [-0.2, 0) is 0 Å². The number of benzene rings is 2. The molecule has 0 radical (unpaired) electrons. The first-order valence-electron chi connectivity index (χ1n) is 10.5. The molecule has 1 fully saturated rings. The second-order valence-electron chi connectivity index (χ2n) is 7.23. The van der Waals surface area contributed by atoms with Crippen molar-refractivity contribution in [2.75, 3.05) is 32.8 Å². The lowest BCUT2D eigenvalue weighted by Gasteiger charge is -2.34. The maximum Gasteiger partial charge on any atom is 0.194 e. The minimum atomic E-state index is -0.748. The highest BCUT2D eigenvalue weighted by Crippen LogP contribution is 2.18. The van der Waals surface area contributed by atoms with E-state index in [9.17, 15) is 9.50 Å². The highest BCUT2D eigenvalue weighted by Gasteiger charge is 2.23. The molecule has 1 unspecified atom stereocenters. The van der Waals surface area contributed by atoms with E-state index in [4.69, 9.17) is 9.47 Å². The molecule has 2 aromatic carbocycles. The van der Waals surface area contributed by atoms with Crippen molar-refractivity contribution in [3.63, 3.8) is 0 Å². The number of hydrogen-bond acceptors (Lipinski definition) is 4. The number of nitrogens with one attached hydrogen (secondary N) is 1. The van der Waals surface area contributed by atoms with Gasteiger partial charge in [0.05, 0.1) is 6.54 Å². The number of nitrogens with zero attached hydrogens (tertiary/aromatic N) is 2. The molecule has 0 bridgehead atoms. The molecule has 31 heavy (non-hydrogen) atoms. The quantitative estimate of drug-likeness (QED) is 0.302. The zero-order valence-corrected chi connectivity index (χ0v) is 20.1. The molecule has 1 aliphatic heterocycles. The number of hydrogen-bond donors (Lipinski definition) is 2. The number of aliphatic hydroxyl groups excluding tert-OH is 1. The molecule has 2 aromatic rings. The summed E-state index contributed by atoms with van der Waals surface area (Å²) >= 11 is 0. The lowest BCUT2D eigenvalue weighted by Crippen LogP contribution is -2.47. The third-order valence-electron chi connectivity index (χ3n) is 4.83. The molecule has 2 N–H and O–H groups in total. The average molecular weight is 543 g/mol. The molecule has 0 aromatic heterocycles. The summed E-state index contributed by atoms with van der Waals surface area (Å²) in [4.78, 5) is 6.77. The summed E-state index contributed by atoms with van der Waals surface area (Å²) in [6.45, 7) is 4.78. The molecule has 0 aliphatic carbocycles. The number of para-hydroxylation sites is 1. The van der Waals surface area contributed by atoms with Crippen LogP contribution in [0.1, 0.15) is 19.8 Å². The van der Waals surface area contributed by atoms with E-state index in [1.54, 1.807) is 0 Å². The van der Waals surface area contributed by atoms with E-state index in [1.165, 1.54) is 24.3 Å². The molecule has 1 heterocycles. The number of piperidine rings is 1. The SMILES string of the molecule is CCNC(=NCC(O)COc1ccc(F)cc1)N1CCC(Oc2ccccc2)CC1.I. The molecule has 0 saturated carbocycles. The summed E-state index contributed by atoms with van der Waals surface area (Å²) in [6.07, 6.45) is 1.27. The van der Waals surface area contributed by atoms with Crippen LogP contribution in [0.15, 0.2) is 59.6 Å². The largest absolute Gasteiger partial charge is 0.491 e. The Balaban J connectivity index is 0.00000341. The number of aliphatic hydroxyl groups is 1. The fraction of sp³-hybridized carbons (Fsp3) is 0.435. The number of guanidine groups is 1. The fourth-order valence-electron chi connectivity index (χ4n) is 3.27. The topological polar surface area (TPSA) is 66.3 Å². The molecule has 1 atom stereocenters. The Hall–Kier alpha value is -2.07. The van der Waals surface area contributed by atoms with E-state index in [2.05, 4.69) is 15.2 Å². The van der Waals surface area contributed by atoms with E-state index < -0.39 is 6.10 Å². The Bertz CT molecular complexity index is 784. The van der Waals surface area contributed by atoms with Gasteiger partial charge in [-0.25, -0.2) is 4.39 Å². The minimum absolute atomic E-state index is 0. The Morgan fingerprint density at radius 3 is 2.45 bits per heavy atom. The van der Waals surface area contributed by atoms with Gasteiger partial charge in [0.1, 0.15) is 36.1 Å². The van der Waals surface area contributed by atoms with Gasteiger partial charge in [-0.1, -0.05) is 18.2 Å². The maximum absolute atomic E-state index is 12.9. The first kappa shape index (κ1) is 25.2. The third kappa shape index (κ3) is 8.53. The second kappa shape index (κ2) is 13.4. The summed E-state index contributed by atoms with van der Waals surface area (Å²) in [5, 5.41) is 13.5. The average Bonchev–Trinajstić information content (AvgIpc) is 2.77. The van der Waals surface area contributed by atoms with Crippen LogP contribution in [0.4, 0.5) is 4.39 Å². The Kier molecular flexibility index (Phi) is 10.9. The second-order valence-corrected chi connectivity index (χ2v) is 7.23. The maximum atomic E-state index is 12.9. The Labute approximate surface area is 200 Å². The summed E-state index contributed by atoms with van der Waals surface area (Å²) in [5.74, 6) is 1.89. The molecular weight excluding hydrogens is 512 g/mol. The van der Waals surface area contributed by atoms with Crippen molar-refractivity contribution in [3.05, 3.63) is 60.4 Å². The molecule has 0 amide bonds. The standard InChI is InChI=1S/C23H30FN3O3.HI/c1-2-25-23(26-16-19(28)17-29-20-10-8-18(24)9-11-20)27-14-12-22(13-15-27)30-21-6-4-3-5-7-21;/h3-11,19,22,28H,2,12-17H2,1H3,(H,25,26);1H. The Morgan fingerprint density at radius 2 is 1.81 bits per heavy atom. The van der Waals surface area contributed by atoms with Crippen molar-refractivity contribution in [2.24, 2.45) is 4.99 Å². The highest BCUT2D eigenvalue weighted by molar-refractivity contribution is 14.0. The van der Waals surface area contributed by atoms with Gasteiger partial charge in [-0.05, 0) is 43.3 Å². The van der Waals surface area contributed by atoms with Gasteiger partial charge in [0.25, 0.3) is 0 Å². The number of ether oxygens (including phenoxy) is 2. The lowest BCUT2D eigenvalue weighted by atomic mass is 10.1. The van der Waals surface area contributed by atoms with Crippen molar-refractivity contribution in [2.45, 2.75) is 32.0 Å². The molecular formula is C23H31FIN3O3. The smallest absolute Gasteiger partial charge is 0.194 e. The number of likely N-dealkylation sites (tertiary alicyclic amines) is 1. The molecule has 3 rings (SSSR count). The summed E-state index contributed by atoms with van der Waals surface area (Å²) in [6, 6.07) is 15.6. The summed E-state index contributed by atoms with van der Waals surface area (Å²) in [7, 11) is 0. The Morgan fingerprint density at radius 1 is 1.13 bits per heavy atom. The van der Waals surface area contributed by atoms with Crippen molar-refractivity contribution >= 4 is 29.9 Å². The molecule has 6 nitrogen and oxygen atoms in total. The van der Waals surface area contributed by atoms with Gasteiger partial charge in [0.15, 0.2) is 5.96 Å². The van der Waals surface area contributed by atoms with E-state index >= 15 is 0 Å². The van der Waals surface area contributed by atoms with E-state index in [1.807, 2.05) is 37.3 Å². The van der Waals surface area contributed by atoms with E-state index in [0.717, 1.165) is 44.2 Å². The third-order valence-corrected chi connectivity index (χ3v) is 4.83. The minimum Gasteiger partial charge on any atom is -0.491 e. The lowest BCUT2D eigenvalue weighted by molar-refractivity contribution is 0.113. The van der Waals surface area contributed by atoms with Gasteiger partial charge in [-0.15, -0.1) is 24.0 Å². The van der Waals surface area contributed by atoms with Crippen molar-refractivity contribution < 1.29 is 19.0 Å². The van der Waals surface area contributed by atoms with Gasteiger partial charge in [0.2, 0.25) is 0 Å². The van der Waals surface area contributed by atoms with Gasteiger partial charge in [-0.3, -0.25) is 4.99 Å². The van der Waals surface area contributed by atoms with Crippen LogP contribution in [0.5, 0.6) is 11.5 Å². The molecule has 8 heteroatoms. The van der Waals surface area contributed by atoms with Crippen LogP contribution < -0.4 is 14.8 Å². The number of halogens is 2. The van der Waals surface area contributed by atoms with Crippen LogP contribution in [0.3, 0.4) is 0 Å². The molecule has 1 aliphatic rings. The predicted octanol–water partition coefficient (Wildman–Crippen LogP) is 3.69. The van der Waals surface area contributed by atoms with Crippen LogP contribution >= 0.6 is 24.0 Å². The fourth-order valence-corrected chi connectivity index (χ4v) is 3.27. The van der Waals surface area contributed by atoms with Gasteiger partial charge in [0, 0.05) is 32.5 Å².